The first-order valence-electron chi connectivity index (χ1n) is 9.06. The molecule has 0 aliphatic heterocycles. The minimum absolute atomic E-state index is 0.0163. The molecule has 7 heteroatoms. The molecule has 0 radical (unpaired) electrons. The summed E-state index contributed by atoms with van der Waals surface area (Å²) in [5, 5.41) is 3.50. The molecule has 0 heterocycles. The Balaban J connectivity index is 1.88. The molecule has 150 valence electrons. The fraction of sp³-hybridized carbons (Fsp3) is 0.333. The number of anilines is 1. The van der Waals surface area contributed by atoms with Crippen LogP contribution in [0.15, 0.2) is 48.5 Å². The van der Waals surface area contributed by atoms with Crippen molar-refractivity contribution in [3.05, 3.63) is 59.1 Å². The van der Waals surface area contributed by atoms with Crippen LogP contribution >= 0.6 is 23.4 Å². The molecule has 0 aliphatic rings. The molecule has 0 aliphatic carbocycles. The van der Waals surface area contributed by atoms with Crippen LogP contribution in [0.2, 0.25) is 5.02 Å². The van der Waals surface area contributed by atoms with E-state index in [0.29, 0.717) is 34.5 Å². The third-order valence-corrected chi connectivity index (χ3v) is 5.17. The monoisotopic (exact) mass is 420 g/mol. The molecule has 0 atom stereocenters. The number of nitrogens with one attached hydrogen (secondary N) is 1. The third kappa shape index (κ3) is 7.09. The first kappa shape index (κ1) is 22.1. The fourth-order valence-electron chi connectivity index (χ4n) is 2.65. The van der Waals surface area contributed by atoms with E-state index < -0.39 is 0 Å². The number of methoxy groups -OCH3 is 1. The molecule has 0 saturated heterocycles. The number of carbonyl (C=O) groups excluding carboxylic acids is 2. The van der Waals surface area contributed by atoms with Crippen LogP contribution in [-0.4, -0.2) is 42.7 Å². The maximum absolute atomic E-state index is 12.6. The minimum Gasteiger partial charge on any atom is -0.495 e. The number of hydrogen-bond acceptors (Lipinski definition) is 4. The second kappa shape index (κ2) is 11.6. The van der Waals surface area contributed by atoms with Gasteiger partial charge in [0.1, 0.15) is 5.75 Å². The van der Waals surface area contributed by atoms with Crippen LogP contribution in [-0.2, 0) is 15.3 Å². The number of nitrogens with zero attached hydrogens (tertiary/aromatic N) is 1. The summed E-state index contributed by atoms with van der Waals surface area (Å²) >= 11 is 7.50. The van der Waals surface area contributed by atoms with Crippen molar-refractivity contribution in [3.8, 4) is 5.75 Å². The van der Waals surface area contributed by atoms with E-state index in [1.807, 2.05) is 43.3 Å². The Labute approximate surface area is 175 Å². The lowest BCUT2D eigenvalue weighted by atomic mass is 10.2. The molecule has 2 amide bonds. The summed E-state index contributed by atoms with van der Waals surface area (Å²) in [6.45, 7) is 2.54. The normalized spacial score (nSPS) is 10.4. The number of hydrogen-bond donors (Lipinski definition) is 1. The molecule has 5 nitrogen and oxygen atoms in total. The van der Waals surface area contributed by atoms with Gasteiger partial charge in [0.15, 0.2) is 0 Å². The Morgan fingerprint density at radius 3 is 2.68 bits per heavy atom. The van der Waals surface area contributed by atoms with Crippen LogP contribution in [0.1, 0.15) is 18.9 Å². The zero-order chi connectivity index (χ0) is 20.4. The van der Waals surface area contributed by atoms with Crippen LogP contribution < -0.4 is 10.1 Å². The molecule has 0 aromatic heterocycles. The SMILES string of the molecule is CCCN(CC(=O)Nc1ccccc1OC)C(=O)CSCc1cccc(Cl)c1. The number of ether oxygens (including phenoxy) is 1. The van der Waals surface area contributed by atoms with Gasteiger partial charge in [-0.1, -0.05) is 42.8 Å². The molecule has 1 N–H and O–H groups in total. The molecule has 2 aromatic rings. The van der Waals surface area contributed by atoms with Crippen molar-refractivity contribution < 1.29 is 14.3 Å². The zero-order valence-corrected chi connectivity index (χ0v) is 17.7. The molecule has 2 rings (SSSR count). The van der Waals surface area contributed by atoms with E-state index in [2.05, 4.69) is 5.32 Å². The fourth-order valence-corrected chi connectivity index (χ4v) is 3.73. The first-order chi connectivity index (χ1) is 13.5. The number of rotatable bonds is 10. The van der Waals surface area contributed by atoms with Gasteiger partial charge in [0.05, 0.1) is 25.1 Å². The summed E-state index contributed by atoms with van der Waals surface area (Å²) in [4.78, 5) is 26.6. The van der Waals surface area contributed by atoms with Gasteiger partial charge in [-0.25, -0.2) is 0 Å². The second-order valence-corrected chi connectivity index (χ2v) is 7.61. The Kier molecular flexibility index (Phi) is 9.17. The first-order valence-corrected chi connectivity index (χ1v) is 10.6. The van der Waals surface area contributed by atoms with Crippen LogP contribution in [0.5, 0.6) is 5.75 Å². The van der Waals surface area contributed by atoms with Gasteiger partial charge in [0, 0.05) is 17.3 Å². The van der Waals surface area contributed by atoms with Gasteiger partial charge in [0.25, 0.3) is 0 Å². The van der Waals surface area contributed by atoms with Gasteiger partial charge in [-0.2, -0.15) is 0 Å². The van der Waals surface area contributed by atoms with Crippen LogP contribution in [0.3, 0.4) is 0 Å². The smallest absolute Gasteiger partial charge is 0.244 e. The average Bonchev–Trinajstić information content (AvgIpc) is 2.68. The quantitative estimate of drug-likeness (QED) is 0.616. The van der Waals surface area contributed by atoms with Crippen molar-refractivity contribution in [1.82, 2.24) is 4.90 Å². The van der Waals surface area contributed by atoms with Crippen molar-refractivity contribution in [2.45, 2.75) is 19.1 Å². The maximum atomic E-state index is 12.6. The summed E-state index contributed by atoms with van der Waals surface area (Å²) in [5.41, 5.74) is 1.66. The second-order valence-electron chi connectivity index (χ2n) is 6.19. The highest BCUT2D eigenvalue weighted by molar-refractivity contribution is 7.99. The van der Waals surface area contributed by atoms with Crippen molar-refractivity contribution in [2.75, 3.05) is 31.3 Å². The van der Waals surface area contributed by atoms with Gasteiger partial charge in [0.2, 0.25) is 11.8 Å². The molecule has 28 heavy (non-hydrogen) atoms. The van der Waals surface area contributed by atoms with Gasteiger partial charge < -0.3 is 15.0 Å². The van der Waals surface area contributed by atoms with E-state index in [0.717, 1.165) is 12.0 Å². The molecule has 0 unspecified atom stereocenters. The largest absolute Gasteiger partial charge is 0.495 e. The van der Waals surface area contributed by atoms with E-state index in [4.69, 9.17) is 16.3 Å². The summed E-state index contributed by atoms with van der Waals surface area (Å²) in [6, 6.07) is 14.8. The molecule has 0 saturated carbocycles. The Morgan fingerprint density at radius 2 is 1.96 bits per heavy atom. The summed E-state index contributed by atoms with van der Waals surface area (Å²) in [6.07, 6.45) is 0.784. The Bertz CT molecular complexity index is 801. The van der Waals surface area contributed by atoms with Gasteiger partial charge in [-0.05, 0) is 36.2 Å². The molecule has 0 spiro atoms. The third-order valence-electron chi connectivity index (χ3n) is 3.95. The van der Waals surface area contributed by atoms with Crippen LogP contribution in [0.4, 0.5) is 5.69 Å². The molecule has 0 fully saturated rings. The number of para-hydroxylation sites is 2. The Hall–Kier alpha value is -2.18. The van der Waals surface area contributed by atoms with Crippen molar-refractivity contribution in [3.63, 3.8) is 0 Å². The topological polar surface area (TPSA) is 58.6 Å². The molecule has 0 bridgehead atoms. The standard InChI is InChI=1S/C21H25ClN2O3S/c1-3-11-24(13-20(25)23-18-9-4-5-10-19(18)27-2)21(26)15-28-14-16-7-6-8-17(22)12-16/h4-10,12H,3,11,13-15H2,1-2H3,(H,23,25). The lowest BCUT2D eigenvalue weighted by Gasteiger charge is -2.22. The molecular formula is C21H25ClN2O3S. The van der Waals surface area contributed by atoms with Crippen LogP contribution in [0.25, 0.3) is 0 Å². The van der Waals surface area contributed by atoms with Gasteiger partial charge in [-0.15, -0.1) is 11.8 Å². The summed E-state index contributed by atoms with van der Waals surface area (Å²) < 4.78 is 5.24. The van der Waals surface area contributed by atoms with Crippen LogP contribution in [0, 0.1) is 0 Å². The van der Waals surface area contributed by atoms with E-state index >= 15 is 0 Å². The highest BCUT2D eigenvalue weighted by Gasteiger charge is 2.17. The predicted octanol–water partition coefficient (Wildman–Crippen LogP) is 4.46. The molecule has 2 aromatic carbocycles. The van der Waals surface area contributed by atoms with E-state index in [9.17, 15) is 9.59 Å². The Morgan fingerprint density at radius 1 is 1.18 bits per heavy atom. The van der Waals surface area contributed by atoms with Crippen molar-refractivity contribution in [2.24, 2.45) is 0 Å². The molecular weight excluding hydrogens is 396 g/mol. The average molecular weight is 421 g/mol. The highest BCUT2D eigenvalue weighted by atomic mass is 35.5. The zero-order valence-electron chi connectivity index (χ0n) is 16.1. The van der Waals surface area contributed by atoms with Crippen molar-refractivity contribution >= 4 is 40.9 Å². The number of thioether (sulfide) groups is 1. The van der Waals surface area contributed by atoms with E-state index in [-0.39, 0.29) is 18.4 Å². The number of amides is 2. The van der Waals surface area contributed by atoms with Gasteiger partial charge >= 0.3 is 0 Å². The summed E-state index contributed by atoms with van der Waals surface area (Å²) in [7, 11) is 1.55. The van der Waals surface area contributed by atoms with E-state index in [1.165, 1.54) is 11.8 Å². The number of carbonyl (C=O) groups is 2. The lowest BCUT2D eigenvalue weighted by molar-refractivity contribution is -0.132. The lowest BCUT2D eigenvalue weighted by Crippen LogP contribution is -2.39. The predicted molar refractivity (Wildman–Crippen MR) is 116 cm³/mol. The minimum atomic E-state index is -0.244. The summed E-state index contributed by atoms with van der Waals surface area (Å²) in [5.74, 6) is 1.30. The highest BCUT2D eigenvalue weighted by Crippen LogP contribution is 2.23. The number of halogens is 1. The van der Waals surface area contributed by atoms with E-state index in [1.54, 1.807) is 24.1 Å². The number of benzene rings is 2. The van der Waals surface area contributed by atoms with Crippen molar-refractivity contribution in [1.29, 1.82) is 0 Å². The van der Waals surface area contributed by atoms with Gasteiger partial charge in [-0.3, -0.25) is 9.59 Å². The maximum Gasteiger partial charge on any atom is 0.244 e.